The summed E-state index contributed by atoms with van der Waals surface area (Å²) in [6.45, 7) is 12.2. The highest BCUT2D eigenvalue weighted by molar-refractivity contribution is 7.80. The number of thiol groups is 3. The molecular formula is C82H132N10O30S3. The molecule has 3 atom stereocenters. The smallest absolute Gasteiger partial charge is 0.336 e. The van der Waals surface area contributed by atoms with Crippen molar-refractivity contribution in [2.24, 2.45) is 17.2 Å². The molecule has 708 valence electrons. The van der Waals surface area contributed by atoms with E-state index in [2.05, 4.69) is 75.1 Å². The molecule has 0 saturated carbocycles. The summed E-state index contributed by atoms with van der Waals surface area (Å²) in [5.41, 5.74) is 15.6. The first-order valence-corrected chi connectivity index (χ1v) is 43.7. The Morgan fingerprint density at radius 2 is 0.640 bits per heavy atom. The lowest BCUT2D eigenvalue weighted by molar-refractivity contribution is -0.123. The van der Waals surface area contributed by atoms with E-state index in [1.807, 2.05) is 0 Å². The maximum Gasteiger partial charge on any atom is 0.336 e. The van der Waals surface area contributed by atoms with Crippen molar-refractivity contribution in [2.45, 2.75) is 62.2 Å². The van der Waals surface area contributed by atoms with Gasteiger partial charge in [-0.15, -0.1) is 0 Å². The van der Waals surface area contributed by atoms with E-state index >= 15 is 0 Å². The minimum Gasteiger partial charge on any atom is -0.508 e. The maximum atomic E-state index is 15.0. The van der Waals surface area contributed by atoms with Crippen molar-refractivity contribution in [1.82, 2.24) is 37.2 Å². The monoisotopic (exact) mass is 1830 g/mol. The predicted octanol–water partition coefficient (Wildman–Crippen LogP) is -0.455. The Bertz CT molecular complexity index is 3450. The van der Waals surface area contributed by atoms with E-state index in [0.29, 0.717) is 215 Å². The van der Waals surface area contributed by atoms with E-state index in [-0.39, 0.29) is 192 Å². The van der Waals surface area contributed by atoms with Crippen molar-refractivity contribution in [3.8, 4) is 28.2 Å². The molecule has 43 heteroatoms. The number of hydrogen-bond acceptors (Lipinski definition) is 35. The Hall–Kier alpha value is -7.10. The number of fused-ring (bicyclic) bond motifs is 2. The molecule has 1 aliphatic carbocycles. The fraction of sp³-hybridized carbons (Fsp3) is 0.671. The van der Waals surface area contributed by atoms with Crippen molar-refractivity contribution < 1.29 is 138 Å². The quantitative estimate of drug-likeness (QED) is 0.0151. The van der Waals surface area contributed by atoms with Crippen LogP contribution in [0.5, 0.6) is 5.75 Å². The molecule has 125 heavy (non-hydrogen) atoms. The number of aromatic carboxylic acids is 1. The van der Waals surface area contributed by atoms with Gasteiger partial charge in [0.25, 0.3) is 5.91 Å². The molecule has 2 aliphatic rings. The van der Waals surface area contributed by atoms with Crippen molar-refractivity contribution in [3.63, 3.8) is 0 Å². The van der Waals surface area contributed by atoms with E-state index in [9.17, 15) is 53.4 Å². The van der Waals surface area contributed by atoms with Crippen LogP contribution < -0.4 is 59.8 Å². The fourth-order valence-corrected chi connectivity index (χ4v) is 11.7. The molecule has 0 unspecified atom stereocenters. The van der Waals surface area contributed by atoms with Crippen LogP contribution in [0, 0.1) is 0 Å². The van der Waals surface area contributed by atoms with Crippen LogP contribution in [0.15, 0.2) is 63.8 Å². The van der Waals surface area contributed by atoms with Gasteiger partial charge < -0.3 is 154 Å². The maximum absolute atomic E-state index is 15.0. The minimum absolute atomic E-state index is 0.0936. The van der Waals surface area contributed by atoms with Crippen molar-refractivity contribution in [1.29, 1.82) is 0 Å². The second-order valence-corrected chi connectivity index (χ2v) is 28.5. The molecule has 0 spiro atoms. The van der Waals surface area contributed by atoms with Gasteiger partial charge in [0.2, 0.25) is 35.4 Å². The largest absolute Gasteiger partial charge is 0.508 e. The molecule has 4 rings (SSSR count). The molecule has 0 saturated heterocycles. The molecule has 0 aromatic heterocycles. The average molecular weight is 1830 g/mol. The van der Waals surface area contributed by atoms with Crippen molar-refractivity contribution in [3.05, 3.63) is 75.9 Å². The summed E-state index contributed by atoms with van der Waals surface area (Å²) in [6, 6.07) is 10.4. The minimum atomic E-state index is -1.48. The molecule has 7 amide bonds. The second-order valence-electron chi connectivity index (χ2n) is 27.4. The summed E-state index contributed by atoms with van der Waals surface area (Å²) in [5, 5.41) is 41.3. The summed E-state index contributed by atoms with van der Waals surface area (Å²) in [4.78, 5) is 117. The van der Waals surface area contributed by atoms with Gasteiger partial charge in [-0.1, -0.05) is 6.07 Å². The number of phenolic OH excluding ortho intramolecular Hbond substituents is 1. The van der Waals surface area contributed by atoms with E-state index in [1.165, 1.54) is 48.5 Å². The summed E-state index contributed by atoms with van der Waals surface area (Å²) in [7, 11) is 0. The van der Waals surface area contributed by atoms with Crippen molar-refractivity contribution >= 4 is 96.2 Å². The van der Waals surface area contributed by atoms with Crippen molar-refractivity contribution in [2.75, 3.05) is 294 Å². The summed E-state index contributed by atoms with van der Waals surface area (Å²) in [5.74, 6) is -3.67. The Morgan fingerprint density at radius 1 is 0.360 bits per heavy atom. The van der Waals surface area contributed by atoms with Gasteiger partial charge in [0, 0.05) is 116 Å². The molecule has 0 fully saturated rings. The van der Waals surface area contributed by atoms with Crippen LogP contribution in [0.3, 0.4) is 0 Å². The average Bonchev–Trinajstić information content (AvgIpc) is 0.746. The number of carbonyl (C=O) groups excluding carboxylic acids is 7. The highest BCUT2D eigenvalue weighted by Crippen LogP contribution is 2.42. The molecule has 2 aromatic rings. The number of nitrogens with one attached hydrogen (secondary N) is 7. The van der Waals surface area contributed by atoms with E-state index in [1.54, 1.807) is 6.07 Å². The number of nitrogens with two attached hydrogens (primary N) is 3. The zero-order valence-corrected chi connectivity index (χ0v) is 74.1. The summed E-state index contributed by atoms with van der Waals surface area (Å²) >= 11 is 12.0. The molecule has 1 heterocycles. The van der Waals surface area contributed by atoms with Crippen LogP contribution >= 0.6 is 37.9 Å². The molecular weight excluding hydrogens is 1700 g/mol. The number of rotatable bonds is 82. The van der Waals surface area contributed by atoms with Gasteiger partial charge in [-0.05, 0) is 61.2 Å². The standard InChI is InChI=1S/C82H132N10O30S3/c83-68(58-123)78(99)89-16-22-107-28-34-113-40-46-119-52-49-116-43-37-110-31-25-104-19-13-86-73(95)7-10-82(11-8-74(96)87-14-20-105-26-32-111-38-44-117-50-53-120-47-41-114-35-29-108-23-17-90-79(100)69(84)59-124,12-9-75(97)88-15-21-106-27-33-112-39-45-118-51-54-121-48-42-115-36-30-109-24-18-91-80(101)70(85)60-125)92-77(98)61-1-4-64(67(55-61)81(102)103)76-65-5-2-62(93)56-71(65)122-72-57-63(94)3-6-66(72)76/h1-6,55-57,68-70,93,123-125H,7-54,58-60,83-85H2,(H,86,95)(H,87,96)(H,88,97)(H,89,99)(H,90,100)(H,91,101)(H,92,98)(H,102,103)/t68-,69-,70-/m0/s1. The van der Waals surface area contributed by atoms with E-state index in [4.69, 9.17) is 107 Å². The third-order valence-corrected chi connectivity index (χ3v) is 19.0. The zero-order chi connectivity index (χ0) is 90.4. The Balaban J connectivity index is 1.31. The highest BCUT2D eigenvalue weighted by atomic mass is 32.1. The number of hydrogen-bond donors (Lipinski definition) is 15. The lowest BCUT2D eigenvalue weighted by Crippen LogP contribution is -2.50. The van der Waals surface area contributed by atoms with Gasteiger partial charge in [-0.3, -0.25) is 38.4 Å². The van der Waals surface area contributed by atoms with Gasteiger partial charge in [-0.25, -0.2) is 4.79 Å². The van der Waals surface area contributed by atoms with Crippen LogP contribution in [0.2, 0.25) is 0 Å². The third-order valence-electron chi connectivity index (χ3n) is 17.9. The molecule has 1 aliphatic heterocycles. The molecule has 0 bridgehead atoms. The number of amides is 7. The lowest BCUT2D eigenvalue weighted by atomic mass is 9.82. The first-order valence-electron chi connectivity index (χ1n) is 41.8. The fourth-order valence-electron chi connectivity index (χ4n) is 11.2. The summed E-state index contributed by atoms with van der Waals surface area (Å²) < 4.78 is 106. The third kappa shape index (κ3) is 52.2. The zero-order valence-electron chi connectivity index (χ0n) is 71.4. The second kappa shape index (κ2) is 71.8. The van der Waals surface area contributed by atoms with Gasteiger partial charge in [0.05, 0.1) is 262 Å². The number of phenols is 1. The van der Waals surface area contributed by atoms with Crippen LogP contribution in [0.4, 0.5) is 0 Å². The van der Waals surface area contributed by atoms with Gasteiger partial charge in [0.1, 0.15) is 17.1 Å². The Morgan fingerprint density at radius 3 is 0.928 bits per heavy atom. The van der Waals surface area contributed by atoms with Crippen LogP contribution in [-0.4, -0.2) is 376 Å². The molecule has 40 nitrogen and oxygen atoms in total. The van der Waals surface area contributed by atoms with E-state index < -0.39 is 53.3 Å². The van der Waals surface area contributed by atoms with Crippen LogP contribution in [0.1, 0.15) is 59.2 Å². The van der Waals surface area contributed by atoms with Gasteiger partial charge in [-0.2, -0.15) is 37.9 Å². The Kier molecular flexibility index (Phi) is 63.3. The lowest BCUT2D eigenvalue weighted by Gasteiger charge is -2.35. The topological polar surface area (TPSA) is 536 Å². The SMILES string of the molecule is N[C@@H](CS)C(=O)NCCOCCOCCOCCOCCOCCOCCNC(=O)CCC(CCC(=O)NCCOCCOCCOCCOCCOCCOCCNC(=O)[C@@H](N)CS)(CCC(=O)NCCOCCOCCOCCOCCOCCOCCNC(=O)[C@@H](N)CS)NC(=O)c1ccc(-c2c3ccc(=O)cc-3oc3cc(O)ccc23)c(C(=O)O)c1. The van der Waals surface area contributed by atoms with Gasteiger partial charge >= 0.3 is 5.97 Å². The van der Waals surface area contributed by atoms with Gasteiger partial charge in [0.15, 0.2) is 5.43 Å². The Labute approximate surface area is 745 Å². The van der Waals surface area contributed by atoms with E-state index in [0.717, 1.165) is 0 Å². The number of carboxylic acid groups (broad SMARTS) is 1. The summed E-state index contributed by atoms with van der Waals surface area (Å²) in [6.07, 6.45) is -0.955. The van der Waals surface area contributed by atoms with Crippen LogP contribution in [-0.2, 0) is 114 Å². The predicted molar refractivity (Wildman–Crippen MR) is 469 cm³/mol. The molecule has 0 radical (unpaired) electrons. The highest BCUT2D eigenvalue weighted by Gasteiger charge is 2.35. The normalized spacial score (nSPS) is 12.3. The molecule has 2 aromatic carbocycles. The number of aromatic hydroxyl groups is 1. The number of carboxylic acids is 1. The number of ether oxygens (including phenoxy) is 18. The van der Waals surface area contributed by atoms with Crippen LogP contribution in [0.25, 0.3) is 33.4 Å². The first-order chi connectivity index (χ1) is 60.8. The number of carbonyl (C=O) groups is 8. The first kappa shape index (κ1) is 110. The molecule has 15 N–H and O–H groups in total. The number of benzene rings is 3.